The minimum Gasteiger partial charge on any atom is -0.351 e. The van der Waals surface area contributed by atoms with Crippen LogP contribution in [-0.4, -0.2) is 23.7 Å². The number of halogens is 4. The fraction of sp³-hybridized carbons (Fsp3) is 0.300. The molecule has 0 atom stereocenters. The predicted octanol–water partition coefficient (Wildman–Crippen LogP) is 3.72. The van der Waals surface area contributed by atoms with Crippen LogP contribution in [0.15, 0.2) is 27.6 Å². The molecule has 0 radical (unpaired) electrons. The van der Waals surface area contributed by atoms with Crippen LogP contribution in [0.4, 0.5) is 13.2 Å². The number of nitrogens with one attached hydrogen (secondary N) is 1. The average molecular weight is 360 g/mol. The second kappa shape index (κ2) is 6.72. The zero-order valence-corrected chi connectivity index (χ0v) is 12.2. The Morgan fingerprint density at radius 1 is 1.44 bits per heavy atom. The minimum atomic E-state index is -4.27. The summed E-state index contributed by atoms with van der Waals surface area (Å²) in [7, 11) is 0. The maximum atomic E-state index is 11.9. The van der Waals surface area contributed by atoms with Crippen molar-refractivity contribution < 1.29 is 18.0 Å². The van der Waals surface area contributed by atoms with Gasteiger partial charge in [0.15, 0.2) is 0 Å². The van der Waals surface area contributed by atoms with Crippen molar-refractivity contribution in [3.05, 3.63) is 28.2 Å². The number of rotatable bonds is 4. The van der Waals surface area contributed by atoms with Crippen LogP contribution < -0.4 is 5.32 Å². The van der Waals surface area contributed by atoms with Gasteiger partial charge < -0.3 is 5.32 Å². The van der Waals surface area contributed by atoms with Gasteiger partial charge in [0.2, 0.25) is 0 Å². The van der Waals surface area contributed by atoms with Crippen LogP contribution in [0, 0.1) is 0 Å². The highest BCUT2D eigenvalue weighted by molar-refractivity contribution is 9.10. The van der Waals surface area contributed by atoms with Crippen LogP contribution in [0.5, 0.6) is 0 Å². The molecule has 0 heterocycles. The van der Waals surface area contributed by atoms with Gasteiger partial charge in [0, 0.05) is 21.7 Å². The van der Waals surface area contributed by atoms with Crippen molar-refractivity contribution in [1.82, 2.24) is 5.32 Å². The van der Waals surface area contributed by atoms with Crippen LogP contribution in [0.25, 0.3) is 0 Å². The van der Waals surface area contributed by atoms with E-state index in [2.05, 4.69) is 33.9 Å². The van der Waals surface area contributed by atoms with Gasteiger partial charge >= 0.3 is 5.51 Å². The Labute approximate surface area is 120 Å². The Balaban J connectivity index is 2.48. The molecule has 0 aromatic heterocycles. The summed E-state index contributed by atoms with van der Waals surface area (Å²) < 4.78 is 36.1. The molecule has 0 saturated carbocycles. The minimum absolute atomic E-state index is 0.0494. The number of thioether (sulfide) groups is 1. The lowest BCUT2D eigenvalue weighted by Gasteiger charge is -2.08. The Morgan fingerprint density at radius 3 is 2.72 bits per heavy atom. The lowest BCUT2D eigenvalue weighted by molar-refractivity contribution is -0.0327. The highest BCUT2D eigenvalue weighted by Gasteiger charge is 2.27. The fourth-order valence-electron chi connectivity index (χ4n) is 1.11. The summed E-state index contributed by atoms with van der Waals surface area (Å²) in [5.74, 6) is -0.645. The Hall–Kier alpha value is -0.340. The van der Waals surface area contributed by atoms with Gasteiger partial charge in [-0.25, -0.2) is 0 Å². The molecular weight excluding hydrogens is 351 g/mol. The van der Waals surface area contributed by atoms with Gasteiger partial charge in [-0.15, -0.1) is 12.6 Å². The Kier molecular flexibility index (Phi) is 5.87. The van der Waals surface area contributed by atoms with E-state index in [-0.39, 0.29) is 24.1 Å². The average Bonchev–Trinajstić information content (AvgIpc) is 2.26. The van der Waals surface area contributed by atoms with Crippen molar-refractivity contribution in [2.75, 3.05) is 12.3 Å². The van der Waals surface area contributed by atoms with E-state index in [0.717, 1.165) is 0 Å². The van der Waals surface area contributed by atoms with E-state index in [1.54, 1.807) is 18.2 Å². The monoisotopic (exact) mass is 359 g/mol. The Morgan fingerprint density at radius 2 is 2.11 bits per heavy atom. The molecule has 0 aliphatic rings. The maximum absolute atomic E-state index is 11.9. The normalized spacial score (nSPS) is 11.4. The van der Waals surface area contributed by atoms with E-state index < -0.39 is 11.4 Å². The quantitative estimate of drug-likeness (QED) is 0.633. The van der Waals surface area contributed by atoms with Crippen LogP contribution in [0.3, 0.4) is 0 Å². The maximum Gasteiger partial charge on any atom is 0.441 e. The molecule has 0 bridgehead atoms. The number of carbonyl (C=O) groups is 1. The summed E-state index contributed by atoms with van der Waals surface area (Å²) in [6.07, 6.45) is 0. The third-order valence-corrected chi connectivity index (χ3v) is 3.55. The molecule has 1 amide bonds. The van der Waals surface area contributed by atoms with Crippen molar-refractivity contribution in [2.45, 2.75) is 10.4 Å². The number of benzene rings is 1. The number of amides is 1. The van der Waals surface area contributed by atoms with E-state index in [4.69, 9.17) is 0 Å². The largest absolute Gasteiger partial charge is 0.441 e. The number of carbonyl (C=O) groups excluding carboxylic acids is 1. The molecule has 2 nitrogen and oxygen atoms in total. The van der Waals surface area contributed by atoms with Crippen molar-refractivity contribution in [2.24, 2.45) is 0 Å². The molecule has 1 aromatic rings. The first-order valence-corrected chi connectivity index (χ1v) is 6.99. The van der Waals surface area contributed by atoms with Crippen LogP contribution in [0.2, 0.25) is 0 Å². The molecule has 0 unspecified atom stereocenters. The lowest BCUT2D eigenvalue weighted by Crippen LogP contribution is -2.26. The summed E-state index contributed by atoms with van der Waals surface area (Å²) in [5.41, 5.74) is -3.92. The molecule has 0 spiro atoms. The van der Waals surface area contributed by atoms with Crippen molar-refractivity contribution >= 4 is 46.2 Å². The topological polar surface area (TPSA) is 29.1 Å². The molecule has 8 heteroatoms. The van der Waals surface area contributed by atoms with Crippen LogP contribution in [-0.2, 0) is 0 Å². The van der Waals surface area contributed by atoms with Crippen molar-refractivity contribution in [3.63, 3.8) is 0 Å². The zero-order valence-electron chi connectivity index (χ0n) is 8.92. The van der Waals surface area contributed by atoms with Gasteiger partial charge in [-0.05, 0) is 45.9 Å². The second-order valence-corrected chi connectivity index (χ2v) is 5.74. The van der Waals surface area contributed by atoms with Gasteiger partial charge in [0.1, 0.15) is 0 Å². The molecule has 1 rings (SSSR count). The molecular formula is C10H9BrF3NOS2. The smallest absolute Gasteiger partial charge is 0.351 e. The number of hydrogen-bond donors (Lipinski definition) is 2. The molecule has 0 aliphatic heterocycles. The van der Waals surface area contributed by atoms with Gasteiger partial charge in [-0.2, -0.15) is 13.2 Å². The van der Waals surface area contributed by atoms with E-state index in [0.29, 0.717) is 14.9 Å². The van der Waals surface area contributed by atoms with E-state index in [1.807, 2.05) is 0 Å². The first-order chi connectivity index (χ1) is 8.29. The van der Waals surface area contributed by atoms with Gasteiger partial charge in [0.25, 0.3) is 5.91 Å². The zero-order chi connectivity index (χ0) is 13.8. The number of hydrogen-bond acceptors (Lipinski definition) is 3. The molecule has 0 saturated heterocycles. The molecule has 18 heavy (non-hydrogen) atoms. The third kappa shape index (κ3) is 5.53. The highest BCUT2D eigenvalue weighted by Crippen LogP contribution is 2.29. The number of thiol groups is 1. The van der Waals surface area contributed by atoms with Crippen LogP contribution >= 0.6 is 40.3 Å². The summed E-state index contributed by atoms with van der Waals surface area (Å²) in [5, 5.41) is 2.42. The molecule has 0 fully saturated rings. The molecule has 0 aliphatic carbocycles. The highest BCUT2D eigenvalue weighted by atomic mass is 79.9. The van der Waals surface area contributed by atoms with Crippen LogP contribution in [0.1, 0.15) is 10.4 Å². The lowest BCUT2D eigenvalue weighted by atomic mass is 10.2. The van der Waals surface area contributed by atoms with E-state index in [9.17, 15) is 18.0 Å². The standard InChI is InChI=1S/C10H9BrF3NOS2/c11-8-2-1-6(17)5-7(8)9(16)15-3-4-18-10(12,13)14/h1-2,5,17H,3-4H2,(H,15,16). The summed E-state index contributed by atoms with van der Waals surface area (Å²) >= 11 is 7.12. The first kappa shape index (κ1) is 15.7. The predicted molar refractivity (Wildman–Crippen MR) is 72.2 cm³/mol. The first-order valence-electron chi connectivity index (χ1n) is 4.77. The summed E-state index contributed by atoms with van der Waals surface area (Å²) in [6, 6.07) is 4.89. The van der Waals surface area contributed by atoms with E-state index >= 15 is 0 Å². The second-order valence-electron chi connectivity index (χ2n) is 3.21. The SMILES string of the molecule is O=C(NCCSC(F)(F)F)c1cc(S)ccc1Br. The summed E-state index contributed by atoms with van der Waals surface area (Å²) in [6.45, 7) is -0.0494. The fourth-order valence-corrected chi connectivity index (χ4v) is 2.18. The molecule has 1 aromatic carbocycles. The van der Waals surface area contributed by atoms with Gasteiger partial charge in [-0.3, -0.25) is 4.79 Å². The molecule has 100 valence electrons. The summed E-state index contributed by atoms with van der Waals surface area (Å²) in [4.78, 5) is 12.3. The van der Waals surface area contributed by atoms with Crippen molar-refractivity contribution in [1.29, 1.82) is 0 Å². The number of alkyl halides is 3. The third-order valence-electron chi connectivity index (χ3n) is 1.85. The van der Waals surface area contributed by atoms with Gasteiger partial charge in [0.05, 0.1) is 5.56 Å². The van der Waals surface area contributed by atoms with E-state index in [1.165, 1.54) is 0 Å². The Bertz CT molecular complexity index is 440. The van der Waals surface area contributed by atoms with Crippen molar-refractivity contribution in [3.8, 4) is 0 Å². The molecule has 1 N–H and O–H groups in total. The van der Waals surface area contributed by atoms with Gasteiger partial charge in [-0.1, -0.05) is 0 Å².